The quantitative estimate of drug-likeness (QED) is 0.363. The van der Waals surface area contributed by atoms with E-state index < -0.39 is 0 Å². The number of halogens is 4. The van der Waals surface area contributed by atoms with Crippen molar-refractivity contribution < 1.29 is 4.74 Å². The van der Waals surface area contributed by atoms with Gasteiger partial charge in [-0.2, -0.15) is 0 Å². The van der Waals surface area contributed by atoms with Crippen LogP contribution in [-0.2, 0) is 19.6 Å². The number of benzene rings is 3. The van der Waals surface area contributed by atoms with Gasteiger partial charge in [0.25, 0.3) is 0 Å². The van der Waals surface area contributed by atoms with Gasteiger partial charge >= 0.3 is 0 Å². The second-order valence-electron chi connectivity index (χ2n) is 6.26. The van der Waals surface area contributed by atoms with Crippen molar-refractivity contribution in [2.75, 3.05) is 6.54 Å². The molecule has 0 saturated carbocycles. The van der Waals surface area contributed by atoms with E-state index in [1.54, 1.807) is 6.07 Å². The highest BCUT2D eigenvalue weighted by Gasteiger charge is 2.09. The average Bonchev–Trinajstić information content (AvgIpc) is 2.67. The lowest BCUT2D eigenvalue weighted by molar-refractivity contribution is 0.302. The molecule has 0 saturated heterocycles. The Balaban J connectivity index is 1.56. The van der Waals surface area contributed by atoms with Gasteiger partial charge in [0.05, 0.1) is 0 Å². The van der Waals surface area contributed by atoms with Gasteiger partial charge in [0.15, 0.2) is 0 Å². The van der Waals surface area contributed by atoms with E-state index in [0.717, 1.165) is 35.4 Å². The van der Waals surface area contributed by atoms with Gasteiger partial charge in [-0.1, -0.05) is 76.7 Å². The first-order chi connectivity index (χ1) is 13.5. The average molecular weight is 455 g/mol. The molecule has 0 radical (unpaired) electrons. The van der Waals surface area contributed by atoms with E-state index in [0.29, 0.717) is 33.2 Å². The molecular formula is C22H19Cl4NO. The normalized spacial score (nSPS) is 10.9. The Labute approximate surface area is 185 Å². The molecule has 3 aromatic rings. The molecule has 146 valence electrons. The molecule has 2 nitrogen and oxygen atoms in total. The maximum absolute atomic E-state index is 6.22. The molecule has 0 atom stereocenters. The Hall–Kier alpha value is -1.42. The summed E-state index contributed by atoms with van der Waals surface area (Å²) in [4.78, 5) is 0. The van der Waals surface area contributed by atoms with Crippen LogP contribution in [0.3, 0.4) is 0 Å². The molecule has 6 heteroatoms. The predicted octanol–water partition coefficient (Wildman–Crippen LogP) is 7.21. The van der Waals surface area contributed by atoms with Crippen LogP contribution >= 0.6 is 46.4 Å². The Morgan fingerprint density at radius 2 is 1.50 bits per heavy atom. The Bertz CT molecular complexity index is 925. The molecule has 3 rings (SSSR count). The van der Waals surface area contributed by atoms with Gasteiger partial charge in [0.2, 0.25) is 0 Å². The molecule has 0 fully saturated rings. The van der Waals surface area contributed by atoms with Crippen molar-refractivity contribution >= 4 is 46.4 Å². The van der Waals surface area contributed by atoms with Crippen LogP contribution < -0.4 is 10.1 Å². The SMILES string of the molecule is Clc1ccc(CCNCc2ccccc2OCc2c(Cl)cccc2Cl)c(Cl)c1. The molecule has 0 heterocycles. The lowest BCUT2D eigenvalue weighted by Gasteiger charge is -2.14. The van der Waals surface area contributed by atoms with Gasteiger partial charge < -0.3 is 10.1 Å². The molecule has 0 aliphatic rings. The maximum atomic E-state index is 6.22. The summed E-state index contributed by atoms with van der Waals surface area (Å²) in [5.41, 5.74) is 2.91. The standard InChI is InChI=1S/C22H19Cl4NO/c23-17-9-8-15(21(26)12-17)10-11-27-13-16-4-1-2-7-22(16)28-14-18-19(24)5-3-6-20(18)25/h1-9,12,27H,10-11,13-14H2. The molecule has 0 amide bonds. The van der Waals surface area contributed by atoms with Crippen LogP contribution in [-0.4, -0.2) is 6.54 Å². The summed E-state index contributed by atoms with van der Waals surface area (Å²) in [5.74, 6) is 0.801. The summed E-state index contributed by atoms with van der Waals surface area (Å²) in [6.07, 6.45) is 0.814. The van der Waals surface area contributed by atoms with Crippen molar-refractivity contribution in [2.45, 2.75) is 19.6 Å². The van der Waals surface area contributed by atoms with E-state index in [2.05, 4.69) is 5.32 Å². The smallest absolute Gasteiger partial charge is 0.124 e. The van der Waals surface area contributed by atoms with Crippen LogP contribution in [0.15, 0.2) is 60.7 Å². The minimum Gasteiger partial charge on any atom is -0.488 e. The number of hydrogen-bond donors (Lipinski definition) is 1. The van der Waals surface area contributed by atoms with Crippen LogP contribution in [0, 0.1) is 0 Å². The van der Waals surface area contributed by atoms with E-state index >= 15 is 0 Å². The van der Waals surface area contributed by atoms with Crippen LogP contribution in [0.1, 0.15) is 16.7 Å². The maximum Gasteiger partial charge on any atom is 0.124 e. The van der Waals surface area contributed by atoms with Gasteiger partial charge in [-0.05, 0) is 48.9 Å². The third kappa shape index (κ3) is 5.79. The van der Waals surface area contributed by atoms with Crippen molar-refractivity contribution in [2.24, 2.45) is 0 Å². The molecule has 3 aromatic carbocycles. The largest absolute Gasteiger partial charge is 0.488 e. The first-order valence-electron chi connectivity index (χ1n) is 8.83. The molecule has 0 bridgehead atoms. The van der Waals surface area contributed by atoms with Gasteiger partial charge in [0.1, 0.15) is 12.4 Å². The number of nitrogens with one attached hydrogen (secondary N) is 1. The zero-order valence-electron chi connectivity index (χ0n) is 15.0. The summed E-state index contributed by atoms with van der Waals surface area (Å²) in [5, 5.41) is 5.96. The minimum absolute atomic E-state index is 0.315. The summed E-state index contributed by atoms with van der Waals surface area (Å²) in [6.45, 7) is 1.78. The lowest BCUT2D eigenvalue weighted by Crippen LogP contribution is -2.17. The highest BCUT2D eigenvalue weighted by atomic mass is 35.5. The van der Waals surface area contributed by atoms with E-state index in [1.807, 2.05) is 54.6 Å². The number of hydrogen-bond acceptors (Lipinski definition) is 2. The van der Waals surface area contributed by atoms with E-state index in [9.17, 15) is 0 Å². The fraction of sp³-hybridized carbons (Fsp3) is 0.182. The summed E-state index contributed by atoms with van der Waals surface area (Å²) < 4.78 is 5.99. The minimum atomic E-state index is 0.315. The fourth-order valence-electron chi connectivity index (χ4n) is 2.78. The predicted molar refractivity (Wildman–Crippen MR) is 119 cm³/mol. The van der Waals surface area contributed by atoms with Gasteiger partial charge in [-0.25, -0.2) is 0 Å². The first-order valence-corrected chi connectivity index (χ1v) is 10.3. The van der Waals surface area contributed by atoms with Crippen molar-refractivity contribution in [3.05, 3.63) is 97.4 Å². The molecule has 0 aromatic heterocycles. The van der Waals surface area contributed by atoms with Crippen LogP contribution in [0.4, 0.5) is 0 Å². The molecule has 1 N–H and O–H groups in total. The fourth-order valence-corrected chi connectivity index (χ4v) is 3.79. The van der Waals surface area contributed by atoms with Gasteiger partial charge in [0, 0.05) is 37.8 Å². The molecule has 0 unspecified atom stereocenters. The molecule has 28 heavy (non-hydrogen) atoms. The molecule has 0 spiro atoms. The number of rotatable bonds is 8. The molecular weight excluding hydrogens is 436 g/mol. The lowest BCUT2D eigenvalue weighted by atomic mass is 10.1. The monoisotopic (exact) mass is 453 g/mol. The Kier molecular flexibility index (Phi) is 7.90. The van der Waals surface area contributed by atoms with Crippen molar-refractivity contribution in [1.29, 1.82) is 0 Å². The Morgan fingerprint density at radius 3 is 2.25 bits per heavy atom. The third-order valence-electron chi connectivity index (χ3n) is 4.31. The van der Waals surface area contributed by atoms with Crippen LogP contribution in [0.25, 0.3) is 0 Å². The summed E-state index contributed by atoms with van der Waals surface area (Å²) >= 11 is 24.6. The highest BCUT2D eigenvalue weighted by molar-refractivity contribution is 6.36. The van der Waals surface area contributed by atoms with E-state index in [-0.39, 0.29) is 0 Å². The van der Waals surface area contributed by atoms with E-state index in [4.69, 9.17) is 51.1 Å². The molecule has 0 aliphatic heterocycles. The van der Waals surface area contributed by atoms with E-state index in [1.165, 1.54) is 0 Å². The van der Waals surface area contributed by atoms with Gasteiger partial charge in [-0.15, -0.1) is 0 Å². The Morgan fingerprint density at radius 1 is 0.750 bits per heavy atom. The second-order valence-corrected chi connectivity index (χ2v) is 7.92. The zero-order chi connectivity index (χ0) is 19.9. The van der Waals surface area contributed by atoms with Crippen LogP contribution in [0.2, 0.25) is 20.1 Å². The van der Waals surface area contributed by atoms with Crippen LogP contribution in [0.5, 0.6) is 5.75 Å². The van der Waals surface area contributed by atoms with Gasteiger partial charge in [-0.3, -0.25) is 0 Å². The highest BCUT2D eigenvalue weighted by Crippen LogP contribution is 2.27. The topological polar surface area (TPSA) is 21.3 Å². The zero-order valence-corrected chi connectivity index (χ0v) is 18.0. The number of ether oxygens (including phenoxy) is 1. The summed E-state index contributed by atoms with van der Waals surface area (Å²) in [7, 11) is 0. The number of para-hydroxylation sites is 1. The van der Waals surface area contributed by atoms with Crippen molar-refractivity contribution in [1.82, 2.24) is 5.32 Å². The van der Waals surface area contributed by atoms with Crippen molar-refractivity contribution in [3.8, 4) is 5.75 Å². The first kappa shape index (κ1) is 21.3. The summed E-state index contributed by atoms with van der Waals surface area (Å²) in [6, 6.07) is 18.9. The third-order valence-corrected chi connectivity index (χ3v) is 5.60. The second kappa shape index (κ2) is 10.4. The molecule has 0 aliphatic carbocycles. The van der Waals surface area contributed by atoms with Crippen molar-refractivity contribution in [3.63, 3.8) is 0 Å².